The van der Waals surface area contributed by atoms with Crippen molar-refractivity contribution in [2.24, 2.45) is 0 Å². The molecule has 0 bridgehead atoms. The first-order chi connectivity index (χ1) is 20.9. The molecule has 0 amide bonds. The van der Waals surface area contributed by atoms with Crippen molar-refractivity contribution in [1.29, 1.82) is 0 Å². The summed E-state index contributed by atoms with van der Waals surface area (Å²) in [6.45, 7) is -5.96. The van der Waals surface area contributed by atoms with E-state index in [0.717, 1.165) is 21.9 Å². The normalized spacial score (nSPS) is 31.1. The Morgan fingerprint density at radius 3 is 2.61 bits per heavy atom. The van der Waals surface area contributed by atoms with Crippen molar-refractivity contribution in [2.75, 3.05) is 24.7 Å². The Balaban J connectivity index is 1.29. The van der Waals surface area contributed by atoms with Gasteiger partial charge in [-0.25, -0.2) is 23.7 Å². The van der Waals surface area contributed by atoms with Gasteiger partial charge in [0.05, 0.1) is 19.5 Å². The first kappa shape index (κ1) is 31.2. The van der Waals surface area contributed by atoms with Gasteiger partial charge in [0.25, 0.3) is 12.1 Å². The van der Waals surface area contributed by atoms with Crippen molar-refractivity contribution < 1.29 is 41.5 Å². The van der Waals surface area contributed by atoms with Crippen LogP contribution in [0, 0.1) is 0 Å². The van der Waals surface area contributed by atoms with Crippen LogP contribution in [0.15, 0.2) is 17.4 Å². The number of nitrogens with two attached hydrogens (primary N) is 2. The summed E-state index contributed by atoms with van der Waals surface area (Å²) >= 11 is 7.88. The van der Waals surface area contributed by atoms with E-state index in [1.54, 1.807) is 0 Å². The fourth-order valence-corrected chi connectivity index (χ4v) is 8.48. The number of imidazole rings is 1. The maximum atomic E-state index is 15.7. The summed E-state index contributed by atoms with van der Waals surface area (Å²) in [6.07, 6.45) is -9.48. The number of anilines is 2. The van der Waals surface area contributed by atoms with Gasteiger partial charge >= 0.3 is 0 Å². The summed E-state index contributed by atoms with van der Waals surface area (Å²) in [5, 5.41) is 17.4. The largest absolute Gasteiger partial charge is 0.394 e. The van der Waals surface area contributed by atoms with Crippen molar-refractivity contribution in [3.63, 3.8) is 0 Å². The number of nitrogen functional groups attached to an aromatic ring is 2. The molecule has 6 N–H and O–H groups in total. The van der Waals surface area contributed by atoms with Gasteiger partial charge in [-0.15, -0.1) is 5.10 Å². The lowest BCUT2D eigenvalue weighted by Gasteiger charge is -2.27. The Bertz CT molecular complexity index is 1850. The van der Waals surface area contributed by atoms with Gasteiger partial charge < -0.3 is 35.1 Å². The van der Waals surface area contributed by atoms with E-state index >= 15 is 8.78 Å². The van der Waals surface area contributed by atoms with E-state index in [2.05, 4.69) is 59.7 Å². The minimum Gasteiger partial charge on any atom is -0.394 e. The lowest BCUT2D eigenvalue weighted by molar-refractivity contribution is -0.0445. The van der Waals surface area contributed by atoms with E-state index in [9.17, 15) is 19.0 Å². The van der Waals surface area contributed by atoms with Crippen LogP contribution in [-0.2, 0) is 27.7 Å². The van der Waals surface area contributed by atoms with Gasteiger partial charge in [0.15, 0.2) is 46.8 Å². The molecule has 25 heteroatoms. The molecule has 4 aromatic heterocycles. The zero-order chi connectivity index (χ0) is 31.5. The quantitative estimate of drug-likeness (QED) is 0.101. The average Bonchev–Trinajstić information content (AvgIpc) is 3.72. The second-order valence-electron chi connectivity index (χ2n) is 9.64. The van der Waals surface area contributed by atoms with Crippen LogP contribution in [0.3, 0.4) is 0 Å². The lowest BCUT2D eigenvalue weighted by atomic mass is 10.1. The number of aliphatic hydroxyl groups is 1. The minimum absolute atomic E-state index is 0.0192. The number of H-pyrrole nitrogens is 1. The summed E-state index contributed by atoms with van der Waals surface area (Å²) in [7, 11) is -3.05. The van der Waals surface area contributed by atoms with E-state index < -0.39 is 81.3 Å². The van der Waals surface area contributed by atoms with E-state index in [1.807, 2.05) is 0 Å². The number of halogens is 2. The van der Waals surface area contributed by atoms with Gasteiger partial charge in [-0.3, -0.25) is 23.5 Å². The monoisotopic (exact) mass is 697 g/mol. The summed E-state index contributed by atoms with van der Waals surface area (Å²) in [5.41, 5.74) is 8.81. The summed E-state index contributed by atoms with van der Waals surface area (Å²) < 4.78 is 81.4. The van der Waals surface area contributed by atoms with Crippen LogP contribution in [0.25, 0.3) is 22.3 Å². The van der Waals surface area contributed by atoms with Crippen molar-refractivity contribution in [3.05, 3.63) is 23.0 Å². The summed E-state index contributed by atoms with van der Waals surface area (Å²) in [4.78, 5) is 30.3. The zero-order valence-corrected chi connectivity index (χ0v) is 25.5. The predicted octanol–water partition coefficient (Wildman–Crippen LogP) is 0.195. The van der Waals surface area contributed by atoms with Crippen molar-refractivity contribution in [1.82, 2.24) is 44.5 Å². The third-order valence-corrected chi connectivity index (χ3v) is 10.8. The maximum Gasteiger partial charge on any atom is 0.280 e. The number of hydrogen-bond acceptors (Lipinski definition) is 16. The molecule has 10 atom stereocenters. The van der Waals surface area contributed by atoms with Crippen LogP contribution in [0.5, 0.6) is 0 Å². The fraction of sp³-hybridized carbons (Fsp3) is 0.526. The van der Waals surface area contributed by atoms with Crippen LogP contribution in [0.1, 0.15) is 12.5 Å². The molecule has 2 unspecified atom stereocenters. The number of rotatable bonds is 9. The molecule has 19 nitrogen and oxygen atoms in total. The predicted molar refractivity (Wildman–Crippen MR) is 154 cm³/mol. The van der Waals surface area contributed by atoms with Gasteiger partial charge in [-0.1, -0.05) is 29.7 Å². The molecule has 0 radical (unpaired) electrons. The summed E-state index contributed by atoms with van der Waals surface area (Å²) in [6, 6.07) is 0. The van der Waals surface area contributed by atoms with Crippen LogP contribution in [-0.4, -0.2) is 99.1 Å². The highest BCUT2D eigenvalue weighted by Crippen LogP contribution is 2.64. The fourth-order valence-electron chi connectivity index (χ4n) is 5.06. The molecule has 6 heterocycles. The Hall–Kier alpha value is -2.75. The van der Waals surface area contributed by atoms with Gasteiger partial charge in [0.1, 0.15) is 36.5 Å². The highest BCUT2D eigenvalue weighted by atomic mass is 32.7. The molecule has 238 valence electrons. The number of aromatic amines is 1. The van der Waals surface area contributed by atoms with Crippen LogP contribution < -0.4 is 17.0 Å². The minimum atomic E-state index is -4.43. The molecule has 0 aliphatic carbocycles. The molecule has 2 aliphatic rings. The topological polar surface area (TPSA) is 263 Å². The second kappa shape index (κ2) is 11.9. The third kappa shape index (κ3) is 5.39. The second-order valence-corrected chi connectivity index (χ2v) is 15.2. The smallest absolute Gasteiger partial charge is 0.280 e. The van der Waals surface area contributed by atoms with Crippen molar-refractivity contribution >= 4 is 72.4 Å². The van der Waals surface area contributed by atoms with E-state index in [-0.39, 0.29) is 34.1 Å². The molecule has 2 aliphatic heterocycles. The number of nitrogens with zero attached hydrogens (tertiary/aromatic N) is 8. The van der Waals surface area contributed by atoms with E-state index in [4.69, 9.17) is 30.0 Å². The first-order valence-corrected chi connectivity index (χ1v) is 18.0. The number of ether oxygens (including phenoxy) is 2. The first-order valence-electron chi connectivity index (χ1n) is 12.5. The molecule has 2 saturated heterocycles. The molecule has 2 fully saturated rings. The molecule has 0 aromatic carbocycles. The van der Waals surface area contributed by atoms with Gasteiger partial charge in [-0.05, 0) is 0 Å². The van der Waals surface area contributed by atoms with Crippen LogP contribution >= 0.6 is 38.3 Å². The maximum absolute atomic E-state index is 15.7. The highest BCUT2D eigenvalue weighted by molar-refractivity contribution is 8.46. The number of hydrogen-bond donors (Lipinski definition) is 6. The molecule has 44 heavy (non-hydrogen) atoms. The van der Waals surface area contributed by atoms with Crippen LogP contribution in [0.4, 0.5) is 20.5 Å². The Labute approximate surface area is 254 Å². The Kier molecular flexibility index (Phi) is 8.43. The van der Waals surface area contributed by atoms with Crippen molar-refractivity contribution in [2.45, 2.75) is 48.8 Å². The van der Waals surface area contributed by atoms with Crippen molar-refractivity contribution in [3.8, 4) is 0 Å². The number of fused-ring (bicyclic) bond motifs is 2. The van der Waals surface area contributed by atoms with Gasteiger partial charge in [-0.2, -0.15) is 9.67 Å². The zero-order valence-electron chi connectivity index (χ0n) is 21.8. The van der Waals surface area contributed by atoms with E-state index in [0.29, 0.717) is 0 Å². The third-order valence-electron chi connectivity index (χ3n) is 7.03. The lowest BCUT2D eigenvalue weighted by Crippen LogP contribution is -2.34. The number of thiol groups is 2. The standard InChI is InChI=1S/C19H23F2N11O8P2S2/c20-7-5(1-33)38-18(31-4-26-10-15(31)27-19(23)28-16(10)34)12(7)42(36,44)37-2-6-11(40-41(35)43)8(21)17(39-6)32-14-9(29-30-32)13(22)24-3-25-14/h3-8,11-12,17-18,33,41H,1-2H2,(H,35,43)(H,36,44)(H2,22,24,25)(H3,23,27,28,34)/t5-,6-,7-,8+,11-,12-,17-,18-,42?/m1/s1. The highest BCUT2D eigenvalue weighted by Gasteiger charge is 2.56. The van der Waals surface area contributed by atoms with Gasteiger partial charge in [0.2, 0.25) is 13.2 Å². The number of alkyl halides is 2. The van der Waals surface area contributed by atoms with Gasteiger partial charge in [0, 0.05) is 0 Å². The molecule has 0 saturated carbocycles. The molecular formula is C19H23F2N11O8P2S2. The number of aliphatic hydroxyl groups excluding tert-OH is 1. The molecule has 4 aromatic rings. The SMILES string of the molecule is Nc1nc2c(ncn2[C@@H]2O[C@H](CO)[C@@H](F)[C@H]2P(=O)(S)OC[C@H]2O[C@@H](n3nnc4c(N)ncnc43)[C@@H](F)[C@@H]2O[PH](=O)S)c(=O)[nH]1. The van der Waals surface area contributed by atoms with E-state index in [1.165, 1.54) is 0 Å². The molecular weight excluding hydrogens is 674 g/mol. The van der Waals surface area contributed by atoms with Crippen LogP contribution in [0.2, 0.25) is 0 Å². The molecule has 0 spiro atoms. The number of aromatic nitrogens is 9. The Morgan fingerprint density at radius 2 is 1.89 bits per heavy atom. The average molecular weight is 698 g/mol. The number of nitrogens with one attached hydrogen (secondary N) is 1. The Morgan fingerprint density at radius 1 is 1.14 bits per heavy atom. The molecule has 6 rings (SSSR count). The summed E-state index contributed by atoms with van der Waals surface area (Å²) in [5.74, 6) is -0.306.